The zero-order chi connectivity index (χ0) is 12.1. The molecule has 1 aromatic carbocycles. The monoisotopic (exact) mass is 340 g/mol. The molecular weight excluding hydrogens is 327 g/mol. The molecule has 1 unspecified atom stereocenters. The predicted octanol–water partition coefficient (Wildman–Crippen LogP) is 2.77. The van der Waals surface area contributed by atoms with Crippen molar-refractivity contribution in [3.8, 4) is 5.75 Å². The maximum atomic E-state index is 5.84. The van der Waals surface area contributed by atoms with Crippen LogP contribution in [0.1, 0.15) is 11.8 Å². The molecule has 0 radical (unpaired) electrons. The van der Waals surface area contributed by atoms with Crippen molar-refractivity contribution in [2.24, 2.45) is 5.73 Å². The molecule has 0 aliphatic rings. The molecule has 0 aliphatic heterocycles. The molecule has 17 heavy (non-hydrogen) atoms. The number of benzene rings is 1. The fraction of sp³-hybridized carbons (Fsp3) is 0.154. The van der Waals surface area contributed by atoms with Crippen LogP contribution < -0.4 is 10.5 Å². The van der Waals surface area contributed by atoms with Crippen molar-refractivity contribution < 1.29 is 4.74 Å². The van der Waals surface area contributed by atoms with Crippen molar-refractivity contribution in [1.82, 2.24) is 4.98 Å². The van der Waals surface area contributed by atoms with E-state index in [1.165, 1.54) is 0 Å². The highest BCUT2D eigenvalue weighted by Crippen LogP contribution is 2.21. The average Bonchev–Trinajstić information content (AvgIpc) is 2.37. The second kappa shape index (κ2) is 5.97. The van der Waals surface area contributed by atoms with E-state index in [0.29, 0.717) is 6.54 Å². The summed E-state index contributed by atoms with van der Waals surface area (Å²) in [7, 11) is 0. The van der Waals surface area contributed by atoms with Crippen LogP contribution in [0.3, 0.4) is 0 Å². The van der Waals surface area contributed by atoms with E-state index in [4.69, 9.17) is 10.5 Å². The molecule has 2 N–H and O–H groups in total. The number of nitrogens with two attached hydrogens (primary N) is 1. The lowest BCUT2D eigenvalue weighted by Gasteiger charge is -2.16. The van der Waals surface area contributed by atoms with E-state index in [1.54, 1.807) is 6.20 Å². The number of nitrogens with zero attached hydrogens (tertiary/aromatic N) is 1. The van der Waals surface area contributed by atoms with Gasteiger partial charge in [0.15, 0.2) is 6.10 Å². The van der Waals surface area contributed by atoms with Gasteiger partial charge in [-0.3, -0.25) is 4.98 Å². The van der Waals surface area contributed by atoms with Crippen LogP contribution in [0.2, 0.25) is 0 Å². The summed E-state index contributed by atoms with van der Waals surface area (Å²) < 4.78 is 6.97. The smallest absolute Gasteiger partial charge is 0.153 e. The van der Waals surface area contributed by atoms with E-state index in [1.807, 2.05) is 42.5 Å². The highest BCUT2D eigenvalue weighted by molar-refractivity contribution is 14.1. The van der Waals surface area contributed by atoms with Crippen LogP contribution in [0.15, 0.2) is 48.7 Å². The first-order valence-corrected chi connectivity index (χ1v) is 6.40. The second-order valence-corrected chi connectivity index (χ2v) is 4.80. The van der Waals surface area contributed by atoms with E-state index < -0.39 is 0 Å². The summed E-state index contributed by atoms with van der Waals surface area (Å²) in [6.07, 6.45) is 1.55. The van der Waals surface area contributed by atoms with Gasteiger partial charge in [-0.2, -0.15) is 0 Å². The summed E-state index contributed by atoms with van der Waals surface area (Å²) in [5.74, 6) is 0.818. The molecular formula is C13H13IN2O. The maximum absolute atomic E-state index is 5.84. The van der Waals surface area contributed by atoms with Gasteiger partial charge in [0.1, 0.15) is 5.75 Å². The van der Waals surface area contributed by atoms with Crippen LogP contribution in [0.5, 0.6) is 5.75 Å². The number of ether oxygens (including phenoxy) is 1. The van der Waals surface area contributed by atoms with Crippen LogP contribution in [-0.4, -0.2) is 11.5 Å². The molecule has 1 aromatic heterocycles. The Bertz CT molecular complexity index is 476. The molecule has 0 saturated heterocycles. The summed E-state index contributed by atoms with van der Waals surface area (Å²) in [5.41, 5.74) is 6.58. The fourth-order valence-corrected chi connectivity index (χ4v) is 2.01. The van der Waals surface area contributed by atoms with Gasteiger partial charge in [0, 0.05) is 16.3 Å². The third-order valence-electron chi connectivity index (χ3n) is 2.31. The summed E-state index contributed by atoms with van der Waals surface area (Å²) in [6.45, 7) is 0.405. The van der Waals surface area contributed by atoms with E-state index in [-0.39, 0.29) is 6.10 Å². The molecule has 88 valence electrons. The van der Waals surface area contributed by atoms with E-state index in [2.05, 4.69) is 27.6 Å². The van der Waals surface area contributed by atoms with E-state index in [9.17, 15) is 0 Å². The van der Waals surface area contributed by atoms with Gasteiger partial charge in [0.05, 0.1) is 5.69 Å². The highest BCUT2D eigenvalue weighted by atomic mass is 127. The maximum Gasteiger partial charge on any atom is 0.153 e. The topological polar surface area (TPSA) is 48.1 Å². The molecule has 1 heterocycles. The molecule has 0 saturated carbocycles. The molecule has 4 heteroatoms. The minimum atomic E-state index is -0.200. The highest BCUT2D eigenvalue weighted by Gasteiger charge is 2.12. The number of hydrogen-bond donors (Lipinski definition) is 1. The van der Waals surface area contributed by atoms with Gasteiger partial charge in [0.2, 0.25) is 0 Å². The molecule has 2 rings (SSSR count). The van der Waals surface area contributed by atoms with Crippen LogP contribution in [0.4, 0.5) is 0 Å². The number of aromatic nitrogens is 1. The van der Waals surface area contributed by atoms with Gasteiger partial charge in [0.25, 0.3) is 0 Å². The molecule has 0 bridgehead atoms. The van der Waals surface area contributed by atoms with Crippen molar-refractivity contribution in [3.05, 3.63) is 57.9 Å². The zero-order valence-corrected chi connectivity index (χ0v) is 11.4. The van der Waals surface area contributed by atoms with Gasteiger partial charge in [-0.1, -0.05) is 12.1 Å². The van der Waals surface area contributed by atoms with Gasteiger partial charge >= 0.3 is 0 Å². The molecule has 1 atom stereocenters. The van der Waals surface area contributed by atoms with Crippen LogP contribution >= 0.6 is 22.6 Å². The van der Waals surface area contributed by atoms with Crippen LogP contribution in [0.25, 0.3) is 0 Å². The lowest BCUT2D eigenvalue weighted by molar-refractivity contribution is 0.209. The third-order valence-corrected chi connectivity index (χ3v) is 2.98. The minimum Gasteiger partial charge on any atom is -0.483 e. The third kappa shape index (κ3) is 3.41. The van der Waals surface area contributed by atoms with Gasteiger partial charge in [-0.05, 0) is 52.9 Å². The SMILES string of the molecule is NCC(Oc1cccc(I)c1)c1ccccn1. The number of halogens is 1. The normalized spacial score (nSPS) is 12.1. The fourth-order valence-electron chi connectivity index (χ4n) is 1.50. The second-order valence-electron chi connectivity index (χ2n) is 3.55. The Labute approximate surface area is 114 Å². The summed E-state index contributed by atoms with van der Waals surface area (Å²) >= 11 is 2.25. The largest absolute Gasteiger partial charge is 0.483 e. The molecule has 0 fully saturated rings. The molecule has 0 aliphatic carbocycles. The van der Waals surface area contributed by atoms with Crippen molar-refractivity contribution in [3.63, 3.8) is 0 Å². The minimum absolute atomic E-state index is 0.200. The lowest BCUT2D eigenvalue weighted by atomic mass is 10.2. The number of hydrogen-bond acceptors (Lipinski definition) is 3. The molecule has 2 aromatic rings. The first-order valence-electron chi connectivity index (χ1n) is 5.33. The zero-order valence-electron chi connectivity index (χ0n) is 9.21. The quantitative estimate of drug-likeness (QED) is 0.871. The van der Waals surface area contributed by atoms with Crippen molar-refractivity contribution in [1.29, 1.82) is 0 Å². The molecule has 0 spiro atoms. The Kier molecular flexibility index (Phi) is 4.33. The van der Waals surface area contributed by atoms with Crippen LogP contribution in [0, 0.1) is 3.57 Å². The Morgan fingerprint density at radius 2 is 2.12 bits per heavy atom. The van der Waals surface area contributed by atoms with Crippen LogP contribution in [-0.2, 0) is 0 Å². The Balaban J connectivity index is 2.16. The molecule has 0 amide bonds. The molecule has 3 nitrogen and oxygen atoms in total. The van der Waals surface area contributed by atoms with E-state index >= 15 is 0 Å². The van der Waals surface area contributed by atoms with Crippen molar-refractivity contribution in [2.45, 2.75) is 6.10 Å². The standard InChI is InChI=1S/C13H13IN2O/c14-10-4-3-5-11(8-10)17-13(9-15)12-6-1-2-7-16-12/h1-8,13H,9,15H2. The Morgan fingerprint density at radius 1 is 1.24 bits per heavy atom. The lowest BCUT2D eigenvalue weighted by Crippen LogP contribution is -2.19. The number of pyridine rings is 1. The van der Waals surface area contributed by atoms with Crippen molar-refractivity contribution in [2.75, 3.05) is 6.54 Å². The first-order chi connectivity index (χ1) is 8.29. The Hall–Kier alpha value is -1.14. The predicted molar refractivity (Wildman–Crippen MR) is 75.8 cm³/mol. The summed E-state index contributed by atoms with van der Waals surface area (Å²) in [6, 6.07) is 13.6. The van der Waals surface area contributed by atoms with Gasteiger partial charge in [-0.25, -0.2) is 0 Å². The summed E-state index contributed by atoms with van der Waals surface area (Å²) in [5, 5.41) is 0. The first kappa shape index (κ1) is 12.3. The average molecular weight is 340 g/mol. The van der Waals surface area contributed by atoms with E-state index in [0.717, 1.165) is 15.0 Å². The summed E-state index contributed by atoms with van der Waals surface area (Å²) in [4.78, 5) is 4.26. The van der Waals surface area contributed by atoms with Gasteiger partial charge in [-0.15, -0.1) is 0 Å². The van der Waals surface area contributed by atoms with Crippen molar-refractivity contribution >= 4 is 22.6 Å². The number of rotatable bonds is 4. The van der Waals surface area contributed by atoms with Gasteiger partial charge < -0.3 is 10.5 Å². The Morgan fingerprint density at radius 3 is 2.76 bits per heavy atom.